The topological polar surface area (TPSA) is 26.3 Å². The van der Waals surface area contributed by atoms with E-state index in [1.54, 1.807) is 13.2 Å². The van der Waals surface area contributed by atoms with E-state index in [1.165, 1.54) is 0 Å². The minimum Gasteiger partial charge on any atom is -0.497 e. The van der Waals surface area contributed by atoms with Crippen LogP contribution in [-0.4, -0.2) is 12.9 Å². The highest BCUT2D eigenvalue weighted by molar-refractivity contribution is 6.31. The van der Waals surface area contributed by atoms with Crippen molar-refractivity contribution >= 4 is 17.4 Å². The van der Waals surface area contributed by atoms with Gasteiger partial charge in [0.05, 0.1) is 7.11 Å². The van der Waals surface area contributed by atoms with Crippen LogP contribution in [0.15, 0.2) is 42.5 Å². The number of rotatable bonds is 5. The van der Waals surface area contributed by atoms with Gasteiger partial charge in [-0.05, 0) is 42.7 Å². The first-order chi connectivity index (χ1) is 9.60. The molecule has 0 aromatic heterocycles. The maximum atomic E-state index is 12.1. The Morgan fingerprint density at radius 2 is 1.85 bits per heavy atom. The molecule has 0 atom stereocenters. The first-order valence-electron chi connectivity index (χ1n) is 6.52. The average Bonchev–Trinajstić information content (AvgIpc) is 2.48. The maximum absolute atomic E-state index is 12.1. The van der Waals surface area contributed by atoms with Crippen molar-refractivity contribution in [2.75, 3.05) is 7.11 Å². The van der Waals surface area contributed by atoms with Gasteiger partial charge in [0, 0.05) is 17.0 Å². The van der Waals surface area contributed by atoms with Crippen molar-refractivity contribution in [1.29, 1.82) is 0 Å². The van der Waals surface area contributed by atoms with Gasteiger partial charge in [0.2, 0.25) is 0 Å². The molecule has 0 radical (unpaired) electrons. The molecule has 2 nitrogen and oxygen atoms in total. The number of aryl methyl sites for hydroxylation is 2. The number of hydrogen-bond acceptors (Lipinski definition) is 2. The standard InChI is InChI=1S/C17H17ClO2/c1-12-3-7-14(11-16(12)18)17(19)10-6-13-4-8-15(20-2)9-5-13/h3-5,7-9,11H,6,10H2,1-2H3. The van der Waals surface area contributed by atoms with E-state index in [2.05, 4.69) is 0 Å². The highest BCUT2D eigenvalue weighted by atomic mass is 35.5. The zero-order valence-corrected chi connectivity index (χ0v) is 12.4. The quantitative estimate of drug-likeness (QED) is 0.759. The molecule has 0 saturated carbocycles. The van der Waals surface area contributed by atoms with E-state index in [0.29, 0.717) is 23.4 Å². The van der Waals surface area contributed by atoms with Crippen LogP contribution < -0.4 is 4.74 Å². The van der Waals surface area contributed by atoms with E-state index in [-0.39, 0.29) is 5.78 Å². The summed E-state index contributed by atoms with van der Waals surface area (Å²) in [5, 5.41) is 0.639. The summed E-state index contributed by atoms with van der Waals surface area (Å²) in [5.74, 6) is 0.938. The predicted molar refractivity (Wildman–Crippen MR) is 81.8 cm³/mol. The number of halogens is 1. The fraction of sp³-hybridized carbons (Fsp3) is 0.235. The largest absolute Gasteiger partial charge is 0.497 e. The lowest BCUT2D eigenvalue weighted by molar-refractivity contribution is 0.0983. The Kier molecular flexibility index (Phi) is 4.80. The third-order valence-electron chi connectivity index (χ3n) is 3.29. The monoisotopic (exact) mass is 288 g/mol. The van der Waals surface area contributed by atoms with Crippen LogP contribution in [0.3, 0.4) is 0 Å². The fourth-order valence-electron chi connectivity index (χ4n) is 1.96. The molecule has 0 aliphatic heterocycles. The second-order valence-electron chi connectivity index (χ2n) is 4.74. The Morgan fingerprint density at radius 3 is 2.45 bits per heavy atom. The van der Waals surface area contributed by atoms with E-state index in [1.807, 2.05) is 43.3 Å². The summed E-state index contributed by atoms with van der Waals surface area (Å²) in [5.41, 5.74) is 2.78. The zero-order valence-electron chi connectivity index (χ0n) is 11.7. The first-order valence-corrected chi connectivity index (χ1v) is 6.90. The molecule has 0 fully saturated rings. The van der Waals surface area contributed by atoms with E-state index >= 15 is 0 Å². The van der Waals surface area contributed by atoms with Crippen molar-refractivity contribution in [1.82, 2.24) is 0 Å². The van der Waals surface area contributed by atoms with E-state index in [0.717, 1.165) is 16.9 Å². The van der Waals surface area contributed by atoms with E-state index in [9.17, 15) is 4.79 Å². The van der Waals surface area contributed by atoms with Gasteiger partial charge in [-0.15, -0.1) is 0 Å². The SMILES string of the molecule is COc1ccc(CCC(=O)c2ccc(C)c(Cl)c2)cc1. The molecular weight excluding hydrogens is 272 g/mol. The Labute approximate surface area is 124 Å². The first kappa shape index (κ1) is 14.6. The third-order valence-corrected chi connectivity index (χ3v) is 3.70. The number of carbonyl (C=O) groups excluding carboxylic acids is 1. The summed E-state index contributed by atoms with van der Waals surface area (Å²) in [4.78, 5) is 12.1. The normalized spacial score (nSPS) is 10.3. The molecular formula is C17H17ClO2. The number of methoxy groups -OCH3 is 1. The summed E-state index contributed by atoms with van der Waals surface area (Å²) < 4.78 is 5.11. The van der Waals surface area contributed by atoms with Crippen molar-refractivity contribution in [2.24, 2.45) is 0 Å². The van der Waals surface area contributed by atoms with E-state index in [4.69, 9.17) is 16.3 Å². The second-order valence-corrected chi connectivity index (χ2v) is 5.14. The van der Waals surface area contributed by atoms with Crippen molar-refractivity contribution in [3.63, 3.8) is 0 Å². The molecule has 3 heteroatoms. The molecule has 0 amide bonds. The lowest BCUT2D eigenvalue weighted by Crippen LogP contribution is -2.01. The zero-order chi connectivity index (χ0) is 14.5. The molecule has 0 bridgehead atoms. The van der Waals surface area contributed by atoms with E-state index < -0.39 is 0 Å². The Morgan fingerprint density at radius 1 is 1.15 bits per heavy atom. The van der Waals surface area contributed by atoms with Gasteiger partial charge in [-0.1, -0.05) is 35.9 Å². The van der Waals surface area contributed by atoms with Crippen LogP contribution in [0.25, 0.3) is 0 Å². The molecule has 2 rings (SSSR count). The highest BCUT2D eigenvalue weighted by Gasteiger charge is 2.08. The Hall–Kier alpha value is -1.80. The van der Waals surface area contributed by atoms with Gasteiger partial charge in [-0.25, -0.2) is 0 Å². The third kappa shape index (κ3) is 3.61. The molecule has 20 heavy (non-hydrogen) atoms. The van der Waals surface area contributed by atoms with Gasteiger partial charge < -0.3 is 4.74 Å². The van der Waals surface area contributed by atoms with Crippen LogP contribution in [0.5, 0.6) is 5.75 Å². The minimum atomic E-state index is 0.114. The number of hydrogen-bond donors (Lipinski definition) is 0. The molecule has 0 unspecified atom stereocenters. The van der Waals surface area contributed by atoms with Crippen LogP contribution in [0.4, 0.5) is 0 Å². The molecule has 104 valence electrons. The molecule has 0 aliphatic carbocycles. The molecule has 0 saturated heterocycles. The summed E-state index contributed by atoms with van der Waals surface area (Å²) in [6, 6.07) is 13.2. The molecule has 0 spiro atoms. The number of ether oxygens (including phenoxy) is 1. The molecule has 2 aromatic carbocycles. The smallest absolute Gasteiger partial charge is 0.163 e. The lowest BCUT2D eigenvalue weighted by Gasteiger charge is -2.05. The van der Waals surface area contributed by atoms with Gasteiger partial charge in [-0.2, -0.15) is 0 Å². The fourth-order valence-corrected chi connectivity index (χ4v) is 2.14. The van der Waals surface area contributed by atoms with Crippen molar-refractivity contribution in [2.45, 2.75) is 19.8 Å². The van der Waals surface area contributed by atoms with Gasteiger partial charge in [0.25, 0.3) is 0 Å². The van der Waals surface area contributed by atoms with Crippen LogP contribution in [0, 0.1) is 6.92 Å². The van der Waals surface area contributed by atoms with Crippen molar-refractivity contribution in [3.8, 4) is 5.75 Å². The minimum absolute atomic E-state index is 0.114. The lowest BCUT2D eigenvalue weighted by atomic mass is 10.0. The number of Topliss-reactive ketones (excluding diaryl/α,β-unsaturated/α-hetero) is 1. The van der Waals surface area contributed by atoms with Crippen molar-refractivity contribution < 1.29 is 9.53 Å². The van der Waals surface area contributed by atoms with Crippen LogP contribution >= 0.6 is 11.6 Å². The summed E-state index contributed by atoms with van der Waals surface area (Å²) in [7, 11) is 1.64. The Bertz CT molecular complexity index is 603. The molecule has 0 N–H and O–H groups in total. The summed E-state index contributed by atoms with van der Waals surface area (Å²) in [6.07, 6.45) is 1.19. The van der Waals surface area contributed by atoms with Crippen LogP contribution in [-0.2, 0) is 6.42 Å². The summed E-state index contributed by atoms with van der Waals surface area (Å²) in [6.45, 7) is 1.92. The van der Waals surface area contributed by atoms with Gasteiger partial charge in [0.15, 0.2) is 5.78 Å². The van der Waals surface area contributed by atoms with Gasteiger partial charge in [-0.3, -0.25) is 4.79 Å². The van der Waals surface area contributed by atoms with Gasteiger partial charge >= 0.3 is 0 Å². The number of ketones is 1. The second kappa shape index (κ2) is 6.58. The highest BCUT2D eigenvalue weighted by Crippen LogP contribution is 2.19. The number of benzene rings is 2. The Balaban J connectivity index is 1.98. The molecule has 2 aromatic rings. The summed E-state index contributed by atoms with van der Waals surface area (Å²) >= 11 is 6.04. The van der Waals surface area contributed by atoms with Crippen LogP contribution in [0.2, 0.25) is 5.02 Å². The number of carbonyl (C=O) groups is 1. The molecule has 0 aliphatic rings. The van der Waals surface area contributed by atoms with Gasteiger partial charge in [0.1, 0.15) is 5.75 Å². The van der Waals surface area contributed by atoms with Crippen LogP contribution in [0.1, 0.15) is 27.9 Å². The average molecular weight is 289 g/mol. The molecule has 0 heterocycles. The van der Waals surface area contributed by atoms with Crippen molar-refractivity contribution in [3.05, 3.63) is 64.2 Å². The predicted octanol–water partition coefficient (Wildman–Crippen LogP) is 4.47. The maximum Gasteiger partial charge on any atom is 0.163 e.